The number of carbonyl (C=O) groups is 2. The maximum absolute atomic E-state index is 13.4. The molecule has 3 aromatic rings. The van der Waals surface area contributed by atoms with E-state index in [1.165, 1.54) is 12.1 Å². The van der Waals surface area contributed by atoms with E-state index in [2.05, 4.69) is 9.47 Å². The van der Waals surface area contributed by atoms with Crippen LogP contribution in [0.3, 0.4) is 0 Å². The fraction of sp³-hybridized carbons (Fsp3) is 0.200. The fourth-order valence-electron chi connectivity index (χ4n) is 3.24. The second-order valence-corrected chi connectivity index (χ2v) is 6.35. The van der Waals surface area contributed by atoms with Gasteiger partial charge in [0.1, 0.15) is 0 Å². The molecule has 3 rings (SSSR count). The molecule has 0 bridgehead atoms. The number of halogens is 6. The van der Waals surface area contributed by atoms with Crippen molar-refractivity contribution in [3.63, 3.8) is 0 Å². The minimum atomic E-state index is -5.78. The van der Waals surface area contributed by atoms with E-state index in [4.69, 9.17) is 0 Å². The number of hydrogen-bond acceptors (Lipinski definition) is 4. The second kappa shape index (κ2) is 7.64. The second-order valence-electron chi connectivity index (χ2n) is 6.35. The molecule has 0 aliphatic heterocycles. The van der Waals surface area contributed by atoms with Crippen LogP contribution in [0.1, 0.15) is 0 Å². The van der Waals surface area contributed by atoms with Crippen LogP contribution in [0.2, 0.25) is 0 Å². The molecule has 5 nitrogen and oxygen atoms in total. The summed E-state index contributed by atoms with van der Waals surface area (Å²) in [6.45, 7) is 0. The van der Waals surface area contributed by atoms with Crippen LogP contribution in [-0.2, 0) is 19.1 Å². The van der Waals surface area contributed by atoms with Crippen LogP contribution >= 0.6 is 0 Å². The van der Waals surface area contributed by atoms with Gasteiger partial charge in [0.2, 0.25) is 0 Å². The maximum Gasteiger partial charge on any atom is 0.423 e. The monoisotopic (exact) mass is 445 g/mol. The number of fused-ring (bicyclic) bond motifs is 2. The average molecular weight is 445 g/mol. The Morgan fingerprint density at radius 2 is 1.19 bits per heavy atom. The van der Waals surface area contributed by atoms with Gasteiger partial charge in [-0.1, -0.05) is 24.3 Å². The molecule has 11 heteroatoms. The van der Waals surface area contributed by atoms with E-state index < -0.39 is 51.5 Å². The van der Waals surface area contributed by atoms with Gasteiger partial charge in [-0.25, -0.2) is 9.59 Å². The van der Waals surface area contributed by atoms with E-state index >= 15 is 0 Å². The van der Waals surface area contributed by atoms with Crippen LogP contribution in [0.15, 0.2) is 36.4 Å². The van der Waals surface area contributed by atoms with Crippen molar-refractivity contribution in [2.24, 2.45) is 0 Å². The third-order valence-corrected chi connectivity index (χ3v) is 4.52. The van der Waals surface area contributed by atoms with Crippen molar-refractivity contribution in [2.45, 2.75) is 12.4 Å². The van der Waals surface area contributed by atoms with Crippen LogP contribution in [0.4, 0.5) is 26.3 Å². The molecule has 0 aliphatic rings. The number of aromatic nitrogens is 1. The number of alkyl halides is 6. The van der Waals surface area contributed by atoms with Crippen molar-refractivity contribution >= 4 is 44.6 Å². The van der Waals surface area contributed by atoms with Crippen molar-refractivity contribution in [2.75, 3.05) is 14.2 Å². The third-order valence-electron chi connectivity index (χ3n) is 4.52. The van der Waals surface area contributed by atoms with Gasteiger partial charge in [-0.15, -0.1) is 0 Å². The zero-order valence-corrected chi connectivity index (χ0v) is 15.9. The molecule has 0 spiro atoms. The molecule has 1 N–H and O–H groups in total. The van der Waals surface area contributed by atoms with Crippen molar-refractivity contribution in [1.29, 1.82) is 0 Å². The first-order chi connectivity index (χ1) is 14.4. The summed E-state index contributed by atoms with van der Waals surface area (Å²) in [5.74, 6) is -2.59. The van der Waals surface area contributed by atoms with E-state index in [9.17, 15) is 35.9 Å². The van der Waals surface area contributed by atoms with Crippen LogP contribution < -0.4 is 10.7 Å². The number of nitrogens with one attached hydrogen (secondary N) is 1. The molecule has 0 aliphatic carbocycles. The zero-order chi connectivity index (χ0) is 23.1. The fourth-order valence-corrected chi connectivity index (χ4v) is 3.24. The standard InChI is InChI=1S/C20H13F6NO4/c1-30-17(28)13(18(29)31-2)14-11-7-9-5-3-4-6-10(9)8-12(11)15(27-14)16(19(21,22)23)20(24,25)26/h3-8,27H,1-2H3. The predicted octanol–water partition coefficient (Wildman–Crippen LogP) is 3.09. The lowest BCUT2D eigenvalue weighted by Gasteiger charge is -2.14. The minimum Gasteiger partial charge on any atom is -0.465 e. The number of aromatic amines is 1. The molecule has 0 radical (unpaired) electrons. The molecule has 0 unspecified atom stereocenters. The van der Waals surface area contributed by atoms with E-state index in [-0.39, 0.29) is 5.39 Å². The summed E-state index contributed by atoms with van der Waals surface area (Å²) in [6, 6.07) is 8.62. The Bertz CT molecular complexity index is 1280. The third kappa shape index (κ3) is 3.94. The number of esters is 2. The molecule has 1 heterocycles. The summed E-state index contributed by atoms with van der Waals surface area (Å²) >= 11 is 0. The summed E-state index contributed by atoms with van der Waals surface area (Å²) in [5.41, 5.74) is -3.68. The first-order valence-electron chi connectivity index (χ1n) is 8.50. The lowest BCUT2D eigenvalue weighted by Crippen LogP contribution is -2.33. The van der Waals surface area contributed by atoms with Crippen molar-refractivity contribution in [3.8, 4) is 0 Å². The summed E-state index contributed by atoms with van der Waals surface area (Å²) < 4.78 is 89.6. The van der Waals surface area contributed by atoms with Gasteiger partial charge in [-0.2, -0.15) is 26.3 Å². The SMILES string of the molecule is COC(=O)C(C(=O)OC)=c1[nH]c(=C(C(F)(F)F)C(F)(F)F)c2cc3ccccc3cc12. The van der Waals surface area contributed by atoms with Gasteiger partial charge in [0.05, 0.1) is 24.9 Å². The minimum absolute atomic E-state index is 0.217. The molecule has 1 aromatic heterocycles. The zero-order valence-electron chi connectivity index (χ0n) is 15.9. The van der Waals surface area contributed by atoms with E-state index in [0.29, 0.717) is 10.8 Å². The maximum atomic E-state index is 13.4. The number of methoxy groups -OCH3 is 2. The van der Waals surface area contributed by atoms with Crippen molar-refractivity contribution in [3.05, 3.63) is 47.1 Å². The molecule has 2 aromatic carbocycles. The summed E-state index contributed by atoms with van der Waals surface area (Å²) in [6.07, 6.45) is -11.6. The molecule has 0 amide bonds. The van der Waals surface area contributed by atoms with Gasteiger partial charge in [0.25, 0.3) is 0 Å². The van der Waals surface area contributed by atoms with Gasteiger partial charge in [0.15, 0.2) is 11.1 Å². The summed E-state index contributed by atoms with van der Waals surface area (Å²) in [5, 5.41) is -1.81. The molecule has 164 valence electrons. The number of H-pyrrole nitrogens is 1. The number of rotatable bonds is 2. The van der Waals surface area contributed by atoms with Crippen molar-refractivity contribution in [1.82, 2.24) is 4.98 Å². The average Bonchev–Trinajstić information content (AvgIpc) is 3.01. The Balaban J connectivity index is 2.74. The Morgan fingerprint density at radius 3 is 1.58 bits per heavy atom. The number of hydrogen-bond donors (Lipinski definition) is 1. The van der Waals surface area contributed by atoms with Gasteiger partial charge < -0.3 is 14.5 Å². The quantitative estimate of drug-likeness (QED) is 0.374. The summed E-state index contributed by atoms with van der Waals surface area (Å²) in [7, 11) is 1.80. The highest BCUT2D eigenvalue weighted by atomic mass is 19.4. The van der Waals surface area contributed by atoms with Crippen molar-refractivity contribution < 1.29 is 45.4 Å². The highest BCUT2D eigenvalue weighted by Crippen LogP contribution is 2.39. The highest BCUT2D eigenvalue weighted by molar-refractivity contribution is 6.37. The number of carbonyl (C=O) groups excluding carboxylic acids is 2. The number of benzene rings is 2. The Labute approximate surface area is 169 Å². The largest absolute Gasteiger partial charge is 0.465 e. The first kappa shape index (κ1) is 22.2. The van der Waals surface area contributed by atoms with Gasteiger partial charge in [-0.3, -0.25) is 0 Å². The lowest BCUT2D eigenvalue weighted by atomic mass is 10.0. The molecular formula is C20H13F6NO4. The van der Waals surface area contributed by atoms with Gasteiger partial charge >= 0.3 is 24.3 Å². The Kier molecular flexibility index (Phi) is 5.47. The van der Waals surface area contributed by atoms with E-state index in [1.54, 1.807) is 18.2 Å². The predicted molar refractivity (Wildman–Crippen MR) is 98.0 cm³/mol. The molecule has 0 saturated carbocycles. The van der Waals surface area contributed by atoms with Crippen LogP contribution in [-0.4, -0.2) is 43.5 Å². The smallest absolute Gasteiger partial charge is 0.423 e. The molecular weight excluding hydrogens is 432 g/mol. The molecule has 31 heavy (non-hydrogen) atoms. The number of ether oxygens (including phenoxy) is 2. The Morgan fingerprint density at radius 1 is 0.774 bits per heavy atom. The first-order valence-corrected chi connectivity index (χ1v) is 8.50. The molecule has 0 atom stereocenters. The van der Waals surface area contributed by atoms with E-state index in [0.717, 1.165) is 20.3 Å². The van der Waals surface area contributed by atoms with Gasteiger partial charge in [0, 0.05) is 10.8 Å². The summed E-state index contributed by atoms with van der Waals surface area (Å²) in [4.78, 5) is 26.3. The Hall–Kier alpha value is -3.50. The highest BCUT2D eigenvalue weighted by Gasteiger charge is 2.52. The lowest BCUT2D eigenvalue weighted by molar-refractivity contribution is -0.141. The molecule has 0 fully saturated rings. The topological polar surface area (TPSA) is 68.4 Å². The van der Waals surface area contributed by atoms with E-state index in [1.807, 2.05) is 4.98 Å². The van der Waals surface area contributed by atoms with Crippen LogP contribution in [0, 0.1) is 0 Å². The molecule has 0 saturated heterocycles. The van der Waals surface area contributed by atoms with Gasteiger partial charge in [-0.05, 0) is 22.9 Å². The normalized spacial score (nSPS) is 12.1. The van der Waals surface area contributed by atoms with Crippen LogP contribution in [0.25, 0.3) is 32.7 Å². The van der Waals surface area contributed by atoms with Crippen LogP contribution in [0.5, 0.6) is 0 Å².